The van der Waals surface area contributed by atoms with E-state index in [2.05, 4.69) is 40.6 Å². The van der Waals surface area contributed by atoms with Crippen molar-refractivity contribution < 1.29 is 9.47 Å². The molecule has 0 atom stereocenters. The fourth-order valence-electron chi connectivity index (χ4n) is 2.37. The van der Waals surface area contributed by atoms with Crippen LogP contribution in [0.1, 0.15) is 25.8 Å². The molecule has 0 heterocycles. The van der Waals surface area contributed by atoms with Crippen molar-refractivity contribution in [3.05, 3.63) is 29.8 Å². The summed E-state index contributed by atoms with van der Waals surface area (Å²) in [7, 11) is 3.87. The lowest BCUT2D eigenvalue weighted by Gasteiger charge is -2.18. The highest BCUT2D eigenvalue weighted by atomic mass is 16.5. The van der Waals surface area contributed by atoms with Crippen molar-refractivity contribution in [1.29, 1.82) is 0 Å². The number of nitrogens with one attached hydrogen (secondary N) is 2. The number of nitrogens with zero attached hydrogens (tertiary/aromatic N) is 2. The second-order valence-corrected chi connectivity index (χ2v) is 5.85. The molecule has 0 saturated carbocycles. The van der Waals surface area contributed by atoms with Crippen LogP contribution in [0.4, 0.5) is 0 Å². The number of guanidine groups is 1. The minimum absolute atomic E-state index is 0.625. The topological polar surface area (TPSA) is 58.1 Å². The number of ether oxygens (including phenoxy) is 2. The SMILES string of the molecule is CCNC(=NCc1cccc(OCC)c1)NCCN(C)CCCOC. The molecule has 0 saturated heterocycles. The standard InChI is InChI=1S/C19H34N4O2/c1-5-20-19(21-11-13-23(3)12-8-14-24-4)22-16-17-9-7-10-18(15-17)25-6-2/h7,9-10,15H,5-6,8,11-14,16H2,1-4H3,(H2,20,21,22). The molecule has 6 heteroatoms. The van der Waals surface area contributed by atoms with Gasteiger partial charge in [-0.15, -0.1) is 0 Å². The first-order valence-electron chi connectivity index (χ1n) is 9.11. The van der Waals surface area contributed by atoms with Gasteiger partial charge in [0.2, 0.25) is 0 Å². The molecule has 0 unspecified atom stereocenters. The van der Waals surface area contributed by atoms with Crippen molar-refractivity contribution in [3.63, 3.8) is 0 Å². The average Bonchev–Trinajstić information content (AvgIpc) is 2.60. The third-order valence-electron chi connectivity index (χ3n) is 3.65. The first-order valence-corrected chi connectivity index (χ1v) is 9.11. The van der Waals surface area contributed by atoms with Crippen LogP contribution in [-0.4, -0.2) is 64.4 Å². The number of aliphatic imine (C=N–C) groups is 1. The molecule has 0 bridgehead atoms. The molecule has 0 fully saturated rings. The van der Waals surface area contributed by atoms with Crippen LogP contribution in [0.5, 0.6) is 5.75 Å². The molecule has 142 valence electrons. The van der Waals surface area contributed by atoms with Crippen molar-refractivity contribution in [3.8, 4) is 5.75 Å². The molecule has 0 radical (unpaired) electrons. The van der Waals surface area contributed by atoms with Gasteiger partial charge in [-0.25, -0.2) is 4.99 Å². The van der Waals surface area contributed by atoms with Gasteiger partial charge in [-0.1, -0.05) is 12.1 Å². The Bertz CT molecular complexity index is 494. The van der Waals surface area contributed by atoms with Gasteiger partial charge in [-0.2, -0.15) is 0 Å². The minimum atomic E-state index is 0.625. The highest BCUT2D eigenvalue weighted by Gasteiger charge is 2.01. The minimum Gasteiger partial charge on any atom is -0.494 e. The molecule has 1 aromatic rings. The summed E-state index contributed by atoms with van der Waals surface area (Å²) in [6.45, 7) is 9.87. The number of likely N-dealkylation sites (N-methyl/N-ethyl adjacent to an activating group) is 1. The number of rotatable bonds is 12. The highest BCUT2D eigenvalue weighted by Crippen LogP contribution is 2.13. The quantitative estimate of drug-likeness (QED) is 0.343. The Morgan fingerprint density at radius 1 is 1.20 bits per heavy atom. The van der Waals surface area contributed by atoms with Crippen molar-refractivity contribution in [2.45, 2.75) is 26.8 Å². The maximum absolute atomic E-state index is 5.54. The summed E-state index contributed by atoms with van der Waals surface area (Å²) in [6, 6.07) is 8.09. The maximum atomic E-state index is 5.54. The van der Waals surface area contributed by atoms with Gasteiger partial charge in [0.1, 0.15) is 5.75 Å². The third-order valence-corrected chi connectivity index (χ3v) is 3.65. The van der Waals surface area contributed by atoms with Crippen LogP contribution in [-0.2, 0) is 11.3 Å². The summed E-state index contributed by atoms with van der Waals surface area (Å²) in [5, 5.41) is 6.67. The number of hydrogen-bond acceptors (Lipinski definition) is 4. The van der Waals surface area contributed by atoms with Crippen LogP contribution in [0.15, 0.2) is 29.3 Å². The van der Waals surface area contributed by atoms with Gasteiger partial charge >= 0.3 is 0 Å². The Balaban J connectivity index is 2.44. The maximum Gasteiger partial charge on any atom is 0.191 e. The van der Waals surface area contributed by atoms with E-state index in [0.29, 0.717) is 13.2 Å². The van der Waals surface area contributed by atoms with Crippen molar-refractivity contribution >= 4 is 5.96 Å². The lowest BCUT2D eigenvalue weighted by atomic mass is 10.2. The lowest BCUT2D eigenvalue weighted by molar-refractivity contribution is 0.180. The Hall–Kier alpha value is -1.79. The smallest absolute Gasteiger partial charge is 0.191 e. The van der Waals surface area contributed by atoms with Crippen molar-refractivity contribution in [2.24, 2.45) is 4.99 Å². The van der Waals surface area contributed by atoms with Crippen molar-refractivity contribution in [1.82, 2.24) is 15.5 Å². The molecule has 0 aliphatic carbocycles. The van der Waals surface area contributed by atoms with Crippen LogP contribution in [0.25, 0.3) is 0 Å². The molecule has 0 aliphatic heterocycles. The van der Waals surface area contributed by atoms with Crippen LogP contribution in [0.3, 0.4) is 0 Å². The molecule has 1 rings (SSSR count). The van der Waals surface area contributed by atoms with E-state index in [1.807, 2.05) is 25.1 Å². The summed E-state index contributed by atoms with van der Waals surface area (Å²) in [5.41, 5.74) is 1.14. The zero-order valence-corrected chi connectivity index (χ0v) is 16.2. The van der Waals surface area contributed by atoms with Crippen molar-refractivity contribution in [2.75, 3.05) is 53.6 Å². The third kappa shape index (κ3) is 9.94. The number of methoxy groups -OCH3 is 1. The van der Waals surface area contributed by atoms with Crippen LogP contribution in [0, 0.1) is 0 Å². The van der Waals surface area contributed by atoms with Gasteiger partial charge < -0.3 is 25.0 Å². The average molecular weight is 351 g/mol. The largest absolute Gasteiger partial charge is 0.494 e. The van der Waals surface area contributed by atoms with E-state index in [1.54, 1.807) is 7.11 Å². The van der Waals surface area contributed by atoms with Crippen LogP contribution < -0.4 is 15.4 Å². The molecule has 0 amide bonds. The highest BCUT2D eigenvalue weighted by molar-refractivity contribution is 5.79. The van der Waals surface area contributed by atoms with Gasteiger partial charge in [-0.3, -0.25) is 0 Å². The van der Waals surface area contributed by atoms with Gasteiger partial charge in [-0.05, 0) is 45.0 Å². The summed E-state index contributed by atoms with van der Waals surface area (Å²) in [4.78, 5) is 6.95. The molecular formula is C19H34N4O2. The molecule has 6 nitrogen and oxygen atoms in total. The Kier molecular flexibility index (Phi) is 11.5. The predicted molar refractivity (Wildman–Crippen MR) is 104 cm³/mol. The van der Waals surface area contributed by atoms with E-state index in [0.717, 1.165) is 56.5 Å². The first kappa shape index (κ1) is 21.3. The Morgan fingerprint density at radius 2 is 2.04 bits per heavy atom. The molecule has 0 aromatic heterocycles. The molecule has 25 heavy (non-hydrogen) atoms. The van der Waals surface area contributed by atoms with E-state index in [1.165, 1.54) is 0 Å². The van der Waals surface area contributed by atoms with E-state index in [4.69, 9.17) is 9.47 Å². The summed E-state index contributed by atoms with van der Waals surface area (Å²) >= 11 is 0. The summed E-state index contributed by atoms with van der Waals surface area (Å²) < 4.78 is 10.6. The predicted octanol–water partition coefficient (Wildman–Crippen LogP) is 2.11. The van der Waals surface area contributed by atoms with E-state index < -0.39 is 0 Å². The Morgan fingerprint density at radius 3 is 2.76 bits per heavy atom. The zero-order chi connectivity index (χ0) is 18.3. The summed E-state index contributed by atoms with van der Waals surface area (Å²) in [6.07, 6.45) is 1.05. The van der Waals surface area contributed by atoms with Crippen LogP contribution in [0.2, 0.25) is 0 Å². The number of benzene rings is 1. The zero-order valence-electron chi connectivity index (χ0n) is 16.2. The van der Waals surface area contributed by atoms with Gasteiger partial charge in [0.05, 0.1) is 13.2 Å². The molecular weight excluding hydrogens is 316 g/mol. The van der Waals surface area contributed by atoms with E-state index in [9.17, 15) is 0 Å². The normalized spacial score (nSPS) is 11.6. The fraction of sp³-hybridized carbons (Fsp3) is 0.632. The van der Waals surface area contributed by atoms with E-state index in [-0.39, 0.29) is 0 Å². The monoisotopic (exact) mass is 350 g/mol. The molecule has 1 aromatic carbocycles. The molecule has 2 N–H and O–H groups in total. The van der Waals surface area contributed by atoms with E-state index >= 15 is 0 Å². The fourth-order valence-corrected chi connectivity index (χ4v) is 2.37. The number of hydrogen-bond donors (Lipinski definition) is 2. The Labute approximate surface area is 152 Å². The van der Waals surface area contributed by atoms with Gasteiger partial charge in [0.25, 0.3) is 0 Å². The summed E-state index contributed by atoms with van der Waals surface area (Å²) in [5.74, 6) is 1.74. The van der Waals surface area contributed by atoms with Gasteiger partial charge in [0.15, 0.2) is 5.96 Å². The second-order valence-electron chi connectivity index (χ2n) is 5.85. The molecule has 0 aliphatic rings. The van der Waals surface area contributed by atoms with Crippen LogP contribution >= 0.6 is 0 Å². The second kappa shape index (κ2) is 13.5. The first-order chi connectivity index (χ1) is 12.2. The van der Waals surface area contributed by atoms with Gasteiger partial charge in [0, 0.05) is 39.9 Å². The molecule has 0 spiro atoms. The lowest BCUT2D eigenvalue weighted by Crippen LogP contribution is -2.41.